The molecule has 1 heterocycles. The van der Waals surface area contributed by atoms with Gasteiger partial charge >= 0.3 is 0 Å². The first-order valence-corrected chi connectivity index (χ1v) is 7.76. The molecule has 0 aliphatic carbocycles. The summed E-state index contributed by atoms with van der Waals surface area (Å²) in [5.74, 6) is 0.0547. The van der Waals surface area contributed by atoms with E-state index in [1.165, 1.54) is 5.56 Å². The average molecular weight is 290 g/mol. The van der Waals surface area contributed by atoms with E-state index >= 15 is 0 Å². The van der Waals surface area contributed by atoms with Crippen LogP contribution in [0.5, 0.6) is 0 Å². The largest absolute Gasteiger partial charge is 0.381 e. The van der Waals surface area contributed by atoms with Gasteiger partial charge in [0, 0.05) is 31.0 Å². The summed E-state index contributed by atoms with van der Waals surface area (Å²) < 4.78 is 5.41. The molecule has 1 amide bonds. The van der Waals surface area contributed by atoms with E-state index in [4.69, 9.17) is 4.74 Å². The van der Waals surface area contributed by atoms with Crippen LogP contribution >= 0.6 is 0 Å². The molecule has 116 valence electrons. The Labute approximate surface area is 127 Å². The number of hydrogen-bond donors (Lipinski definition) is 1. The van der Waals surface area contributed by atoms with Gasteiger partial charge in [-0.1, -0.05) is 17.7 Å². The predicted octanol–water partition coefficient (Wildman–Crippen LogP) is 2.82. The Bertz CT molecular complexity index is 450. The lowest BCUT2D eigenvalue weighted by molar-refractivity contribution is -0.119. The summed E-state index contributed by atoms with van der Waals surface area (Å²) in [6.07, 6.45) is 2.02. The molecule has 1 aromatic rings. The van der Waals surface area contributed by atoms with Gasteiger partial charge in [-0.25, -0.2) is 0 Å². The van der Waals surface area contributed by atoms with E-state index in [1.807, 2.05) is 31.2 Å². The summed E-state index contributed by atoms with van der Waals surface area (Å²) in [4.78, 5) is 14.6. The van der Waals surface area contributed by atoms with Gasteiger partial charge in [-0.2, -0.15) is 0 Å². The highest BCUT2D eigenvalue weighted by Gasteiger charge is 2.25. The van der Waals surface area contributed by atoms with Crippen molar-refractivity contribution >= 4 is 11.6 Å². The van der Waals surface area contributed by atoms with Crippen LogP contribution in [0.15, 0.2) is 24.3 Å². The van der Waals surface area contributed by atoms with Crippen molar-refractivity contribution in [2.45, 2.75) is 45.7 Å². The zero-order chi connectivity index (χ0) is 15.2. The minimum atomic E-state index is 0.0547. The van der Waals surface area contributed by atoms with E-state index in [-0.39, 0.29) is 5.91 Å². The molecule has 1 saturated heterocycles. The summed E-state index contributed by atoms with van der Waals surface area (Å²) in [5.41, 5.74) is 2.06. The van der Waals surface area contributed by atoms with Gasteiger partial charge in [0.2, 0.25) is 5.91 Å². The van der Waals surface area contributed by atoms with Gasteiger partial charge in [0.15, 0.2) is 0 Å². The number of anilines is 1. The van der Waals surface area contributed by atoms with Crippen LogP contribution in [-0.2, 0) is 9.53 Å². The fourth-order valence-electron chi connectivity index (χ4n) is 2.75. The maximum Gasteiger partial charge on any atom is 0.238 e. The van der Waals surface area contributed by atoms with Crippen molar-refractivity contribution in [3.8, 4) is 0 Å². The van der Waals surface area contributed by atoms with E-state index in [1.54, 1.807) is 0 Å². The van der Waals surface area contributed by atoms with Gasteiger partial charge < -0.3 is 10.1 Å². The van der Waals surface area contributed by atoms with Crippen molar-refractivity contribution in [2.24, 2.45) is 0 Å². The van der Waals surface area contributed by atoms with Crippen molar-refractivity contribution in [1.29, 1.82) is 0 Å². The van der Waals surface area contributed by atoms with E-state index in [0.29, 0.717) is 18.6 Å². The molecule has 0 saturated carbocycles. The first-order valence-electron chi connectivity index (χ1n) is 7.76. The topological polar surface area (TPSA) is 41.6 Å². The molecule has 1 aromatic carbocycles. The van der Waals surface area contributed by atoms with Gasteiger partial charge in [-0.3, -0.25) is 9.69 Å². The molecule has 1 fully saturated rings. The second kappa shape index (κ2) is 7.57. The van der Waals surface area contributed by atoms with Gasteiger partial charge in [-0.15, -0.1) is 0 Å². The zero-order valence-corrected chi connectivity index (χ0v) is 13.3. The van der Waals surface area contributed by atoms with Crippen molar-refractivity contribution in [3.05, 3.63) is 29.8 Å². The Balaban J connectivity index is 1.92. The lowest BCUT2D eigenvalue weighted by Crippen LogP contribution is -2.47. The molecule has 0 aromatic heterocycles. The van der Waals surface area contributed by atoms with E-state index in [2.05, 4.69) is 24.1 Å². The highest BCUT2D eigenvalue weighted by atomic mass is 16.5. The van der Waals surface area contributed by atoms with Crippen LogP contribution in [0.1, 0.15) is 32.3 Å². The van der Waals surface area contributed by atoms with Crippen LogP contribution in [0.4, 0.5) is 5.69 Å². The Morgan fingerprint density at radius 3 is 2.48 bits per heavy atom. The lowest BCUT2D eigenvalue weighted by Gasteiger charge is -2.36. The van der Waals surface area contributed by atoms with Gasteiger partial charge in [-0.05, 0) is 45.7 Å². The molecule has 0 radical (unpaired) electrons. The summed E-state index contributed by atoms with van der Waals surface area (Å²) in [5, 5.41) is 2.98. The number of rotatable bonds is 5. The molecule has 0 bridgehead atoms. The number of benzene rings is 1. The number of aryl methyl sites for hydroxylation is 1. The normalized spacial score (nSPS) is 16.4. The van der Waals surface area contributed by atoms with Crippen LogP contribution in [-0.4, -0.2) is 42.6 Å². The van der Waals surface area contributed by atoms with Gasteiger partial charge in [0.25, 0.3) is 0 Å². The van der Waals surface area contributed by atoms with Gasteiger partial charge in [0.05, 0.1) is 6.54 Å². The van der Waals surface area contributed by atoms with Crippen molar-refractivity contribution < 1.29 is 9.53 Å². The number of carbonyl (C=O) groups is 1. The molecule has 0 spiro atoms. The minimum absolute atomic E-state index is 0.0547. The zero-order valence-electron chi connectivity index (χ0n) is 13.3. The van der Waals surface area contributed by atoms with Crippen molar-refractivity contribution in [1.82, 2.24) is 4.90 Å². The van der Waals surface area contributed by atoms with Crippen LogP contribution in [0.25, 0.3) is 0 Å². The first kappa shape index (κ1) is 16.0. The summed E-state index contributed by atoms with van der Waals surface area (Å²) in [6, 6.07) is 8.71. The van der Waals surface area contributed by atoms with Crippen LogP contribution < -0.4 is 5.32 Å². The molecule has 21 heavy (non-hydrogen) atoms. The fraction of sp³-hybridized carbons (Fsp3) is 0.588. The quantitative estimate of drug-likeness (QED) is 0.906. The number of nitrogens with zero attached hydrogens (tertiary/aromatic N) is 1. The molecule has 1 N–H and O–H groups in total. The Morgan fingerprint density at radius 1 is 1.29 bits per heavy atom. The smallest absolute Gasteiger partial charge is 0.238 e. The molecule has 4 nitrogen and oxygen atoms in total. The third kappa shape index (κ3) is 4.83. The SMILES string of the molecule is Cc1ccc(NC(=O)CN(C(C)C)C2CCOCC2)cc1. The summed E-state index contributed by atoms with van der Waals surface area (Å²) in [7, 11) is 0. The van der Waals surface area contributed by atoms with Crippen molar-refractivity contribution in [3.63, 3.8) is 0 Å². The molecule has 1 aliphatic heterocycles. The highest BCUT2D eigenvalue weighted by Crippen LogP contribution is 2.17. The number of nitrogens with one attached hydrogen (secondary N) is 1. The standard InChI is InChI=1S/C17H26N2O2/c1-13(2)19(16-8-10-21-11-9-16)12-17(20)18-15-6-4-14(3)5-7-15/h4-7,13,16H,8-12H2,1-3H3,(H,18,20). The van der Waals surface area contributed by atoms with E-state index in [9.17, 15) is 4.79 Å². The lowest BCUT2D eigenvalue weighted by atomic mass is 10.1. The van der Waals surface area contributed by atoms with Crippen molar-refractivity contribution in [2.75, 3.05) is 25.1 Å². The van der Waals surface area contributed by atoms with Crippen LogP contribution in [0.2, 0.25) is 0 Å². The predicted molar refractivity (Wildman–Crippen MR) is 85.5 cm³/mol. The van der Waals surface area contributed by atoms with Gasteiger partial charge in [0.1, 0.15) is 0 Å². The third-order valence-corrected chi connectivity index (χ3v) is 3.98. The number of amides is 1. The summed E-state index contributed by atoms with van der Waals surface area (Å²) in [6.45, 7) is 8.37. The molecule has 1 aliphatic rings. The maximum atomic E-state index is 12.3. The minimum Gasteiger partial charge on any atom is -0.381 e. The second-order valence-corrected chi connectivity index (χ2v) is 6.02. The van der Waals surface area contributed by atoms with Crippen LogP contribution in [0.3, 0.4) is 0 Å². The Kier molecular flexibility index (Phi) is 5.76. The third-order valence-electron chi connectivity index (χ3n) is 3.98. The molecule has 0 unspecified atom stereocenters. The maximum absolute atomic E-state index is 12.3. The number of carbonyl (C=O) groups excluding carboxylic acids is 1. The molecule has 4 heteroatoms. The first-order chi connectivity index (χ1) is 10.1. The highest BCUT2D eigenvalue weighted by molar-refractivity contribution is 5.92. The Hall–Kier alpha value is -1.39. The fourth-order valence-corrected chi connectivity index (χ4v) is 2.75. The van der Waals surface area contributed by atoms with Crippen LogP contribution in [0, 0.1) is 6.92 Å². The molecule has 2 rings (SSSR count). The molecular weight excluding hydrogens is 264 g/mol. The average Bonchev–Trinajstić information content (AvgIpc) is 2.48. The number of ether oxygens (including phenoxy) is 1. The summed E-state index contributed by atoms with van der Waals surface area (Å²) >= 11 is 0. The molecular formula is C17H26N2O2. The van der Waals surface area contributed by atoms with E-state index in [0.717, 1.165) is 31.7 Å². The van der Waals surface area contributed by atoms with E-state index < -0.39 is 0 Å². The number of hydrogen-bond acceptors (Lipinski definition) is 3. The Morgan fingerprint density at radius 2 is 1.90 bits per heavy atom. The monoisotopic (exact) mass is 290 g/mol. The second-order valence-electron chi connectivity index (χ2n) is 6.02. The molecule has 0 atom stereocenters.